The first kappa shape index (κ1) is 13.4. The number of aryl methyl sites for hydroxylation is 2. The molecule has 1 aromatic rings. The number of nitrogens with zero attached hydrogens (tertiary/aromatic N) is 1. The Hall–Kier alpha value is -1.90. The summed E-state index contributed by atoms with van der Waals surface area (Å²) in [7, 11) is 0. The predicted molar refractivity (Wildman–Crippen MR) is 90.3 cm³/mol. The van der Waals surface area contributed by atoms with Gasteiger partial charge in [0.2, 0.25) is 11.8 Å². The molecule has 6 aliphatic rings. The highest BCUT2D eigenvalue weighted by atomic mass is 16.2. The fraction of sp³-hybridized carbons (Fsp3) is 0.524. The smallest absolute Gasteiger partial charge is 0.238 e. The van der Waals surface area contributed by atoms with Gasteiger partial charge in [0, 0.05) is 0 Å². The summed E-state index contributed by atoms with van der Waals surface area (Å²) in [5.41, 5.74) is 3.54. The number of anilines is 1. The van der Waals surface area contributed by atoms with Crippen molar-refractivity contribution in [3.8, 4) is 0 Å². The minimum absolute atomic E-state index is 0.0606. The van der Waals surface area contributed by atoms with Crippen molar-refractivity contribution in [3.05, 3.63) is 41.5 Å². The molecule has 1 aliphatic heterocycles. The summed E-state index contributed by atoms with van der Waals surface area (Å²) in [4.78, 5) is 27.8. The van der Waals surface area contributed by atoms with Crippen molar-refractivity contribution in [1.29, 1.82) is 0 Å². The fourth-order valence-corrected chi connectivity index (χ4v) is 6.07. The number of allylic oxidation sites excluding steroid dienone is 2. The zero-order chi connectivity index (χ0) is 16.0. The fourth-order valence-electron chi connectivity index (χ4n) is 6.07. The van der Waals surface area contributed by atoms with Crippen molar-refractivity contribution in [2.24, 2.45) is 35.5 Å². The van der Waals surface area contributed by atoms with Gasteiger partial charge in [0.15, 0.2) is 0 Å². The van der Waals surface area contributed by atoms with Crippen LogP contribution in [0.2, 0.25) is 0 Å². The molecule has 1 heterocycles. The highest BCUT2D eigenvalue weighted by Crippen LogP contribution is 2.65. The van der Waals surface area contributed by atoms with Gasteiger partial charge in [0.1, 0.15) is 0 Å². The summed E-state index contributed by atoms with van der Waals surface area (Å²) in [6.07, 6.45) is 10.3. The molecule has 0 aromatic heterocycles. The lowest BCUT2D eigenvalue weighted by molar-refractivity contribution is -0.124. The first-order chi connectivity index (χ1) is 11.7. The van der Waals surface area contributed by atoms with Crippen LogP contribution in [0.3, 0.4) is 0 Å². The SMILES string of the molecule is O=C1[C@@H]2[C@H]3C=C[C@@H]([C@@H]4C[C@H]34)[C@@H]2C(=O)N1c1ccc2c(c1)CCCC2. The second-order valence-corrected chi connectivity index (χ2v) is 8.33. The van der Waals surface area contributed by atoms with Crippen LogP contribution in [-0.4, -0.2) is 11.8 Å². The Bertz CT molecular complexity index is 774. The normalized spacial score (nSPS) is 41.2. The van der Waals surface area contributed by atoms with E-state index in [4.69, 9.17) is 0 Å². The third-order valence-corrected chi connectivity index (χ3v) is 7.25. The Labute approximate surface area is 141 Å². The molecule has 3 nitrogen and oxygen atoms in total. The minimum Gasteiger partial charge on any atom is -0.274 e. The number of carbonyl (C=O) groups excluding carboxylic acids is 2. The van der Waals surface area contributed by atoms with Crippen LogP contribution in [0.4, 0.5) is 5.69 Å². The second kappa shape index (κ2) is 4.38. The number of hydrogen-bond acceptors (Lipinski definition) is 2. The van der Waals surface area contributed by atoms with Crippen LogP contribution in [-0.2, 0) is 22.4 Å². The molecule has 0 N–H and O–H groups in total. The van der Waals surface area contributed by atoms with Gasteiger partial charge in [-0.2, -0.15) is 0 Å². The largest absolute Gasteiger partial charge is 0.274 e. The molecule has 5 aliphatic carbocycles. The van der Waals surface area contributed by atoms with Gasteiger partial charge in [-0.15, -0.1) is 0 Å². The van der Waals surface area contributed by atoms with E-state index in [0.717, 1.165) is 18.5 Å². The van der Waals surface area contributed by atoms with E-state index >= 15 is 0 Å². The summed E-state index contributed by atoms with van der Waals surface area (Å²) in [6, 6.07) is 6.24. The van der Waals surface area contributed by atoms with Crippen LogP contribution >= 0.6 is 0 Å². The molecule has 2 amide bonds. The van der Waals surface area contributed by atoms with E-state index in [-0.39, 0.29) is 23.7 Å². The van der Waals surface area contributed by atoms with Crippen LogP contribution in [0.25, 0.3) is 0 Å². The molecule has 3 fully saturated rings. The van der Waals surface area contributed by atoms with Gasteiger partial charge in [-0.3, -0.25) is 14.5 Å². The van der Waals surface area contributed by atoms with Crippen LogP contribution < -0.4 is 4.90 Å². The number of rotatable bonds is 1. The second-order valence-electron chi connectivity index (χ2n) is 8.33. The molecule has 2 bridgehead atoms. The van der Waals surface area contributed by atoms with Crippen LogP contribution in [0.1, 0.15) is 30.4 Å². The van der Waals surface area contributed by atoms with Crippen LogP contribution in [0.5, 0.6) is 0 Å². The molecule has 7 rings (SSSR count). The maximum absolute atomic E-state index is 13.1. The number of imide groups is 1. The first-order valence-electron chi connectivity index (χ1n) is 9.42. The molecule has 1 saturated heterocycles. The summed E-state index contributed by atoms with van der Waals surface area (Å²) in [5, 5.41) is 0. The molecule has 24 heavy (non-hydrogen) atoms. The number of amides is 2. The Kier molecular flexibility index (Phi) is 2.45. The zero-order valence-electron chi connectivity index (χ0n) is 13.7. The zero-order valence-corrected chi connectivity index (χ0v) is 13.7. The van der Waals surface area contributed by atoms with Gasteiger partial charge in [-0.25, -0.2) is 0 Å². The van der Waals surface area contributed by atoms with E-state index in [2.05, 4.69) is 24.3 Å². The van der Waals surface area contributed by atoms with E-state index < -0.39 is 0 Å². The standard InChI is InChI=1S/C21H21NO2/c23-20-18-14-7-8-15(17-10-16(14)17)19(18)21(24)22(20)13-6-5-11-3-1-2-4-12(11)9-13/h5-9,14-19H,1-4,10H2/t14-,15-,16-,17+,18-,19+/m0/s1. The highest BCUT2D eigenvalue weighted by Gasteiger charge is 2.67. The summed E-state index contributed by atoms with van der Waals surface area (Å²) in [5.74, 6) is 1.90. The van der Waals surface area contributed by atoms with Crippen molar-refractivity contribution in [2.75, 3.05) is 4.90 Å². The van der Waals surface area contributed by atoms with Crippen LogP contribution in [0, 0.1) is 35.5 Å². The molecular weight excluding hydrogens is 298 g/mol. The Morgan fingerprint density at radius 3 is 2.12 bits per heavy atom. The van der Waals surface area contributed by atoms with E-state index in [1.165, 1.54) is 35.3 Å². The molecule has 0 spiro atoms. The topological polar surface area (TPSA) is 37.4 Å². The lowest BCUT2D eigenvalue weighted by Gasteiger charge is -2.37. The quantitative estimate of drug-likeness (QED) is 0.589. The van der Waals surface area contributed by atoms with E-state index in [0.29, 0.717) is 23.7 Å². The van der Waals surface area contributed by atoms with Crippen molar-refractivity contribution >= 4 is 17.5 Å². The number of hydrogen-bond donors (Lipinski definition) is 0. The summed E-state index contributed by atoms with van der Waals surface area (Å²) >= 11 is 0. The summed E-state index contributed by atoms with van der Waals surface area (Å²) < 4.78 is 0. The number of benzene rings is 1. The predicted octanol–water partition coefficient (Wildman–Crippen LogP) is 3.12. The molecule has 3 heteroatoms. The third-order valence-electron chi connectivity index (χ3n) is 7.25. The first-order valence-corrected chi connectivity index (χ1v) is 9.42. The Balaban J connectivity index is 1.41. The molecule has 0 radical (unpaired) electrons. The van der Waals surface area contributed by atoms with Gasteiger partial charge < -0.3 is 0 Å². The maximum atomic E-state index is 13.1. The highest BCUT2D eigenvalue weighted by molar-refractivity contribution is 6.22. The van der Waals surface area contributed by atoms with Crippen molar-refractivity contribution < 1.29 is 9.59 Å². The van der Waals surface area contributed by atoms with Crippen molar-refractivity contribution in [2.45, 2.75) is 32.1 Å². The van der Waals surface area contributed by atoms with Gasteiger partial charge in [-0.05, 0) is 79.0 Å². The van der Waals surface area contributed by atoms with Gasteiger partial charge >= 0.3 is 0 Å². The molecule has 0 unspecified atom stereocenters. The third kappa shape index (κ3) is 1.54. The lowest BCUT2D eigenvalue weighted by Crippen LogP contribution is -2.40. The maximum Gasteiger partial charge on any atom is 0.238 e. The van der Waals surface area contributed by atoms with E-state index in [1.54, 1.807) is 0 Å². The molecule has 2 saturated carbocycles. The number of fused-ring (bicyclic) bond motifs is 1. The van der Waals surface area contributed by atoms with E-state index in [1.807, 2.05) is 6.07 Å². The Morgan fingerprint density at radius 1 is 0.833 bits per heavy atom. The van der Waals surface area contributed by atoms with Gasteiger partial charge in [0.25, 0.3) is 0 Å². The molecule has 1 aromatic carbocycles. The minimum atomic E-state index is -0.0905. The number of carbonyl (C=O) groups is 2. The molecule has 6 atom stereocenters. The van der Waals surface area contributed by atoms with Gasteiger partial charge in [0.05, 0.1) is 17.5 Å². The average Bonchev–Trinajstić information content (AvgIpc) is 3.39. The summed E-state index contributed by atoms with van der Waals surface area (Å²) in [6.45, 7) is 0. The van der Waals surface area contributed by atoms with E-state index in [9.17, 15) is 9.59 Å². The Morgan fingerprint density at radius 2 is 1.46 bits per heavy atom. The van der Waals surface area contributed by atoms with Crippen molar-refractivity contribution in [3.63, 3.8) is 0 Å². The monoisotopic (exact) mass is 319 g/mol. The molecule has 122 valence electrons. The van der Waals surface area contributed by atoms with Crippen LogP contribution in [0.15, 0.2) is 30.4 Å². The lowest BCUT2D eigenvalue weighted by atomic mass is 9.63. The van der Waals surface area contributed by atoms with Crippen molar-refractivity contribution in [1.82, 2.24) is 0 Å². The van der Waals surface area contributed by atoms with Gasteiger partial charge in [-0.1, -0.05) is 18.2 Å². The molecular formula is C21H21NO2. The average molecular weight is 319 g/mol.